The van der Waals surface area contributed by atoms with E-state index in [1.54, 1.807) is 6.20 Å². The Kier molecular flexibility index (Phi) is 7.30. The van der Waals surface area contributed by atoms with Crippen molar-refractivity contribution in [3.8, 4) is 0 Å². The molecule has 1 aromatic heterocycles. The van der Waals surface area contributed by atoms with Gasteiger partial charge >= 0.3 is 0 Å². The Morgan fingerprint density at radius 1 is 1.33 bits per heavy atom. The molecule has 0 radical (unpaired) electrons. The Hall–Kier alpha value is -0.960. The highest BCUT2D eigenvalue weighted by Crippen LogP contribution is 2.11. The Labute approximate surface area is 127 Å². The van der Waals surface area contributed by atoms with Crippen LogP contribution in [0.1, 0.15) is 33.3 Å². The Morgan fingerprint density at radius 3 is 2.57 bits per heavy atom. The van der Waals surface area contributed by atoms with Gasteiger partial charge in [0.25, 0.3) is 10.0 Å². The van der Waals surface area contributed by atoms with Crippen LogP contribution in [0.4, 0.5) is 0 Å². The number of aromatic nitrogens is 2. The number of aromatic amines is 1. The van der Waals surface area contributed by atoms with Crippen molar-refractivity contribution < 1.29 is 8.42 Å². The summed E-state index contributed by atoms with van der Waals surface area (Å²) in [5.74, 6) is 0. The summed E-state index contributed by atoms with van der Waals surface area (Å²) in [5, 5.41) is 9.77. The molecule has 1 heterocycles. The fourth-order valence-corrected chi connectivity index (χ4v) is 3.07. The van der Waals surface area contributed by atoms with E-state index in [-0.39, 0.29) is 11.1 Å². The van der Waals surface area contributed by atoms with Gasteiger partial charge in [0, 0.05) is 31.2 Å². The number of hydrogen-bond donors (Lipinski definition) is 3. The van der Waals surface area contributed by atoms with E-state index in [2.05, 4.69) is 39.0 Å². The Morgan fingerprint density at radius 2 is 2.00 bits per heavy atom. The maximum atomic E-state index is 12.3. The zero-order chi connectivity index (χ0) is 15.9. The normalized spacial score (nSPS) is 12.5. The lowest BCUT2D eigenvalue weighted by atomic mass is 10.3. The van der Waals surface area contributed by atoms with Gasteiger partial charge in [-0.2, -0.15) is 5.10 Å². The molecule has 0 amide bonds. The third-order valence-corrected chi connectivity index (χ3v) is 4.74. The highest BCUT2D eigenvalue weighted by molar-refractivity contribution is 7.89. The fraction of sp³-hybridized carbons (Fsp3) is 0.769. The number of H-pyrrole nitrogens is 1. The van der Waals surface area contributed by atoms with Crippen LogP contribution >= 0.6 is 0 Å². The molecule has 122 valence electrons. The minimum atomic E-state index is -3.54. The summed E-state index contributed by atoms with van der Waals surface area (Å²) in [4.78, 5) is 2.16. The van der Waals surface area contributed by atoms with Gasteiger partial charge in [-0.15, -0.1) is 0 Å². The molecule has 0 spiro atoms. The SMILES string of the molecule is CCN(CC)CCNS(=O)(=O)c1[nH]ncc1CNC(C)C. The van der Waals surface area contributed by atoms with Crippen LogP contribution < -0.4 is 10.0 Å². The zero-order valence-corrected chi connectivity index (χ0v) is 14.1. The van der Waals surface area contributed by atoms with Gasteiger partial charge in [0.05, 0.1) is 6.20 Å². The highest BCUT2D eigenvalue weighted by atomic mass is 32.2. The number of rotatable bonds is 10. The molecule has 0 aliphatic rings. The molecule has 3 N–H and O–H groups in total. The third-order valence-electron chi connectivity index (χ3n) is 3.26. The average molecular weight is 317 g/mol. The van der Waals surface area contributed by atoms with Crippen molar-refractivity contribution in [3.63, 3.8) is 0 Å². The van der Waals surface area contributed by atoms with Crippen LogP contribution in [0.3, 0.4) is 0 Å². The average Bonchev–Trinajstić information content (AvgIpc) is 2.90. The minimum absolute atomic E-state index is 0.148. The molecule has 0 aliphatic carbocycles. The summed E-state index contributed by atoms with van der Waals surface area (Å²) in [7, 11) is -3.54. The van der Waals surface area contributed by atoms with Gasteiger partial charge in [-0.25, -0.2) is 13.1 Å². The number of nitrogens with zero attached hydrogens (tertiary/aromatic N) is 2. The lowest BCUT2D eigenvalue weighted by Crippen LogP contribution is -2.35. The topological polar surface area (TPSA) is 90.1 Å². The van der Waals surface area contributed by atoms with E-state index in [1.165, 1.54) is 0 Å². The molecule has 0 aromatic carbocycles. The molecule has 0 saturated carbocycles. The fourth-order valence-electron chi connectivity index (χ4n) is 1.92. The number of hydrogen-bond acceptors (Lipinski definition) is 5. The van der Waals surface area contributed by atoms with Crippen LogP contribution in [-0.2, 0) is 16.6 Å². The number of sulfonamides is 1. The highest BCUT2D eigenvalue weighted by Gasteiger charge is 2.20. The van der Waals surface area contributed by atoms with Crippen molar-refractivity contribution in [2.45, 2.75) is 45.3 Å². The molecule has 0 atom stereocenters. The molecular formula is C13H27N5O2S. The van der Waals surface area contributed by atoms with Crippen LogP contribution in [0.2, 0.25) is 0 Å². The lowest BCUT2D eigenvalue weighted by molar-refractivity contribution is 0.309. The van der Waals surface area contributed by atoms with Crippen LogP contribution in [0.15, 0.2) is 11.2 Å². The third kappa shape index (κ3) is 5.74. The summed E-state index contributed by atoms with van der Waals surface area (Å²) in [6.45, 7) is 11.5. The number of likely N-dealkylation sites (N-methyl/N-ethyl adjacent to an activating group) is 1. The van der Waals surface area contributed by atoms with Crippen molar-refractivity contribution >= 4 is 10.0 Å². The van der Waals surface area contributed by atoms with Gasteiger partial charge in [0.1, 0.15) is 0 Å². The van der Waals surface area contributed by atoms with E-state index in [0.717, 1.165) is 13.1 Å². The second-order valence-corrected chi connectivity index (χ2v) is 6.89. The van der Waals surface area contributed by atoms with Gasteiger partial charge in [-0.05, 0) is 13.1 Å². The van der Waals surface area contributed by atoms with E-state index >= 15 is 0 Å². The molecule has 8 heteroatoms. The molecule has 21 heavy (non-hydrogen) atoms. The molecule has 1 aromatic rings. The molecule has 0 fully saturated rings. The van der Waals surface area contributed by atoms with Crippen molar-refractivity contribution in [1.82, 2.24) is 25.1 Å². The molecule has 0 aliphatic heterocycles. The van der Waals surface area contributed by atoms with E-state index in [4.69, 9.17) is 0 Å². The van der Waals surface area contributed by atoms with Gasteiger partial charge in [0.2, 0.25) is 0 Å². The second kappa shape index (κ2) is 8.47. The summed E-state index contributed by atoms with van der Waals surface area (Å²) in [6.07, 6.45) is 1.55. The van der Waals surface area contributed by atoms with Gasteiger partial charge in [0.15, 0.2) is 5.03 Å². The van der Waals surface area contributed by atoms with E-state index in [1.807, 2.05) is 13.8 Å². The summed E-state index contributed by atoms with van der Waals surface area (Å²) >= 11 is 0. The Balaban J connectivity index is 2.64. The quantitative estimate of drug-likeness (QED) is 0.585. The predicted octanol–water partition coefficient (Wildman–Crippen LogP) is 0.528. The molecule has 0 bridgehead atoms. The maximum absolute atomic E-state index is 12.3. The lowest BCUT2D eigenvalue weighted by Gasteiger charge is -2.18. The standard InChI is InChI=1S/C13H27N5O2S/c1-5-18(6-2)8-7-16-21(19,20)13-12(10-15-17-13)9-14-11(3)4/h10-11,14,16H,5-9H2,1-4H3,(H,15,17). The van der Waals surface area contributed by atoms with Crippen molar-refractivity contribution in [1.29, 1.82) is 0 Å². The second-order valence-electron chi connectivity index (χ2n) is 5.18. The first-order chi connectivity index (χ1) is 9.90. The first kappa shape index (κ1) is 18.1. The summed E-state index contributed by atoms with van der Waals surface area (Å²) in [5.41, 5.74) is 0.652. The van der Waals surface area contributed by atoms with Gasteiger partial charge in [-0.3, -0.25) is 5.10 Å². The van der Waals surface area contributed by atoms with E-state index in [9.17, 15) is 8.42 Å². The Bertz CT molecular complexity index is 508. The van der Waals surface area contributed by atoms with E-state index < -0.39 is 10.0 Å². The van der Waals surface area contributed by atoms with Crippen molar-refractivity contribution in [2.75, 3.05) is 26.2 Å². The minimum Gasteiger partial charge on any atom is -0.310 e. The predicted molar refractivity (Wildman–Crippen MR) is 83.5 cm³/mol. The number of nitrogens with one attached hydrogen (secondary N) is 3. The van der Waals surface area contributed by atoms with Gasteiger partial charge in [-0.1, -0.05) is 27.7 Å². The monoisotopic (exact) mass is 317 g/mol. The smallest absolute Gasteiger partial charge is 0.257 e. The molecule has 0 saturated heterocycles. The summed E-state index contributed by atoms with van der Waals surface area (Å²) in [6, 6.07) is 0.283. The first-order valence-corrected chi connectivity index (χ1v) is 8.86. The molecule has 0 unspecified atom stereocenters. The molecule has 7 nitrogen and oxygen atoms in total. The van der Waals surface area contributed by atoms with Crippen molar-refractivity contribution in [2.24, 2.45) is 0 Å². The first-order valence-electron chi connectivity index (χ1n) is 7.38. The van der Waals surface area contributed by atoms with Crippen LogP contribution in [0, 0.1) is 0 Å². The van der Waals surface area contributed by atoms with Crippen molar-refractivity contribution in [3.05, 3.63) is 11.8 Å². The summed E-state index contributed by atoms with van der Waals surface area (Å²) < 4.78 is 27.2. The zero-order valence-electron chi connectivity index (χ0n) is 13.3. The maximum Gasteiger partial charge on any atom is 0.257 e. The van der Waals surface area contributed by atoms with E-state index in [0.29, 0.717) is 25.2 Å². The van der Waals surface area contributed by atoms with Gasteiger partial charge < -0.3 is 10.2 Å². The largest absolute Gasteiger partial charge is 0.310 e. The van der Waals surface area contributed by atoms with Crippen LogP contribution in [0.25, 0.3) is 0 Å². The van der Waals surface area contributed by atoms with Crippen LogP contribution in [0.5, 0.6) is 0 Å². The van der Waals surface area contributed by atoms with Crippen LogP contribution in [-0.4, -0.2) is 55.7 Å². The molecular weight excluding hydrogens is 290 g/mol. The molecule has 1 rings (SSSR count).